The molecular formula is C22H28N2O2. The summed E-state index contributed by atoms with van der Waals surface area (Å²) in [6, 6.07) is 18.6. The van der Waals surface area contributed by atoms with Gasteiger partial charge in [-0.15, -0.1) is 0 Å². The molecule has 3 rings (SSSR count). The molecule has 4 nitrogen and oxygen atoms in total. The fourth-order valence-electron chi connectivity index (χ4n) is 3.64. The molecule has 138 valence electrons. The van der Waals surface area contributed by atoms with Gasteiger partial charge in [0.2, 0.25) is 5.91 Å². The number of carbonyl (C=O) groups excluding carboxylic acids is 1. The number of carbonyl (C=O) groups is 1. The third-order valence-electron chi connectivity index (χ3n) is 5.16. The summed E-state index contributed by atoms with van der Waals surface area (Å²) in [5, 5.41) is 3.17. The van der Waals surface area contributed by atoms with Crippen molar-refractivity contribution in [2.45, 2.75) is 26.3 Å². The van der Waals surface area contributed by atoms with E-state index < -0.39 is 0 Å². The summed E-state index contributed by atoms with van der Waals surface area (Å²) in [5.74, 6) is 0.854. The average molecular weight is 352 g/mol. The Morgan fingerprint density at radius 2 is 1.81 bits per heavy atom. The number of nitrogens with one attached hydrogen (secondary N) is 1. The first-order chi connectivity index (χ1) is 12.7. The molecule has 1 heterocycles. The van der Waals surface area contributed by atoms with Gasteiger partial charge in [0.05, 0.1) is 12.0 Å². The van der Waals surface area contributed by atoms with E-state index in [1.54, 1.807) is 0 Å². The molecule has 1 aliphatic rings. The fraction of sp³-hybridized carbons (Fsp3) is 0.409. The molecule has 4 heteroatoms. The lowest BCUT2D eigenvalue weighted by molar-refractivity contribution is -0.126. The third kappa shape index (κ3) is 4.25. The molecule has 1 aliphatic heterocycles. The van der Waals surface area contributed by atoms with Crippen LogP contribution in [-0.4, -0.2) is 37.0 Å². The highest BCUT2D eigenvalue weighted by molar-refractivity contribution is 5.79. The molecule has 26 heavy (non-hydrogen) atoms. The number of amides is 1. The van der Waals surface area contributed by atoms with Crippen molar-refractivity contribution in [3.63, 3.8) is 0 Å². The van der Waals surface area contributed by atoms with Crippen LogP contribution >= 0.6 is 0 Å². The van der Waals surface area contributed by atoms with Crippen molar-refractivity contribution in [2.24, 2.45) is 5.92 Å². The van der Waals surface area contributed by atoms with E-state index in [4.69, 9.17) is 4.74 Å². The standard InChI is InChI=1S/C22H28N2O2/c1-3-24(4-2)20(17-10-6-5-7-11-17)15-23-22(25)19-14-18-12-8-9-13-21(18)26-16-19/h5-13,19-20H,3-4,14-16H2,1-2H3,(H,23,25)/t19-,20-/m0/s1. The van der Waals surface area contributed by atoms with Crippen LogP contribution in [0.4, 0.5) is 0 Å². The molecule has 1 amide bonds. The average Bonchev–Trinajstić information content (AvgIpc) is 2.71. The Balaban J connectivity index is 1.64. The van der Waals surface area contributed by atoms with Gasteiger partial charge in [0.1, 0.15) is 12.4 Å². The first-order valence-electron chi connectivity index (χ1n) is 9.50. The number of benzene rings is 2. The first-order valence-corrected chi connectivity index (χ1v) is 9.50. The van der Waals surface area contributed by atoms with Crippen LogP contribution in [0.25, 0.3) is 0 Å². The van der Waals surface area contributed by atoms with Crippen LogP contribution in [0.3, 0.4) is 0 Å². The van der Waals surface area contributed by atoms with Crippen LogP contribution in [0, 0.1) is 5.92 Å². The van der Waals surface area contributed by atoms with E-state index in [-0.39, 0.29) is 17.9 Å². The number of ether oxygens (including phenoxy) is 1. The molecular weight excluding hydrogens is 324 g/mol. The Morgan fingerprint density at radius 1 is 1.12 bits per heavy atom. The van der Waals surface area contributed by atoms with Crippen molar-refractivity contribution in [3.05, 3.63) is 65.7 Å². The number of fused-ring (bicyclic) bond motifs is 1. The number of hydrogen-bond donors (Lipinski definition) is 1. The zero-order valence-electron chi connectivity index (χ0n) is 15.7. The highest BCUT2D eigenvalue weighted by Crippen LogP contribution is 2.27. The number of hydrogen-bond acceptors (Lipinski definition) is 3. The highest BCUT2D eigenvalue weighted by atomic mass is 16.5. The Morgan fingerprint density at radius 3 is 2.54 bits per heavy atom. The molecule has 0 unspecified atom stereocenters. The predicted octanol–water partition coefficient (Wildman–Crippen LogP) is 3.44. The predicted molar refractivity (Wildman–Crippen MR) is 104 cm³/mol. The molecule has 0 aromatic heterocycles. The van der Waals surface area contributed by atoms with E-state index in [0.717, 1.165) is 30.8 Å². The van der Waals surface area contributed by atoms with E-state index in [0.29, 0.717) is 13.2 Å². The fourth-order valence-corrected chi connectivity index (χ4v) is 3.64. The minimum atomic E-state index is -0.127. The van der Waals surface area contributed by atoms with Gasteiger partial charge in [-0.25, -0.2) is 0 Å². The first kappa shape index (κ1) is 18.5. The van der Waals surface area contributed by atoms with Gasteiger partial charge in [-0.2, -0.15) is 0 Å². The van der Waals surface area contributed by atoms with Crippen molar-refractivity contribution in [1.82, 2.24) is 10.2 Å². The molecule has 2 aromatic rings. The largest absolute Gasteiger partial charge is 0.492 e. The van der Waals surface area contributed by atoms with Gasteiger partial charge in [0.25, 0.3) is 0 Å². The number of likely N-dealkylation sites (N-methyl/N-ethyl adjacent to an activating group) is 1. The smallest absolute Gasteiger partial charge is 0.226 e. The SMILES string of the molecule is CCN(CC)[C@@H](CNC(=O)[C@@H]1COc2ccccc2C1)c1ccccc1. The van der Waals surface area contributed by atoms with Gasteiger partial charge < -0.3 is 10.1 Å². The maximum atomic E-state index is 12.7. The monoisotopic (exact) mass is 352 g/mol. The van der Waals surface area contributed by atoms with E-state index in [9.17, 15) is 4.79 Å². The van der Waals surface area contributed by atoms with Crippen LogP contribution < -0.4 is 10.1 Å². The zero-order chi connectivity index (χ0) is 18.4. The topological polar surface area (TPSA) is 41.6 Å². The summed E-state index contributed by atoms with van der Waals surface area (Å²) in [7, 11) is 0. The Labute approximate surface area is 156 Å². The molecule has 0 spiro atoms. The molecule has 0 saturated heterocycles. The second-order valence-corrected chi connectivity index (χ2v) is 6.71. The molecule has 2 aromatic carbocycles. The van der Waals surface area contributed by atoms with Gasteiger partial charge in [-0.3, -0.25) is 9.69 Å². The normalized spacial score (nSPS) is 17.3. The lowest BCUT2D eigenvalue weighted by Crippen LogP contribution is -2.42. The maximum Gasteiger partial charge on any atom is 0.226 e. The Bertz CT molecular complexity index is 713. The van der Waals surface area contributed by atoms with E-state index >= 15 is 0 Å². The van der Waals surface area contributed by atoms with Gasteiger partial charge >= 0.3 is 0 Å². The van der Waals surface area contributed by atoms with Gasteiger partial charge in [0, 0.05) is 6.54 Å². The van der Waals surface area contributed by atoms with Gasteiger partial charge in [0.15, 0.2) is 0 Å². The number of nitrogens with zero attached hydrogens (tertiary/aromatic N) is 1. The molecule has 0 fully saturated rings. The van der Waals surface area contributed by atoms with Crippen molar-refractivity contribution in [1.29, 1.82) is 0 Å². The molecule has 2 atom stereocenters. The molecule has 0 saturated carbocycles. The van der Waals surface area contributed by atoms with Crippen LogP contribution in [0.15, 0.2) is 54.6 Å². The molecule has 0 bridgehead atoms. The van der Waals surface area contributed by atoms with Crippen molar-refractivity contribution >= 4 is 5.91 Å². The highest BCUT2D eigenvalue weighted by Gasteiger charge is 2.27. The summed E-state index contributed by atoms with van der Waals surface area (Å²) in [4.78, 5) is 15.1. The Hall–Kier alpha value is -2.33. The lowest BCUT2D eigenvalue weighted by Gasteiger charge is -2.31. The third-order valence-corrected chi connectivity index (χ3v) is 5.16. The quantitative estimate of drug-likeness (QED) is 0.830. The van der Waals surface area contributed by atoms with Gasteiger partial charge in [-0.1, -0.05) is 62.4 Å². The van der Waals surface area contributed by atoms with Gasteiger partial charge in [-0.05, 0) is 36.7 Å². The van der Waals surface area contributed by atoms with E-state index in [1.807, 2.05) is 30.3 Å². The minimum Gasteiger partial charge on any atom is -0.492 e. The van der Waals surface area contributed by atoms with Crippen LogP contribution in [0.1, 0.15) is 31.0 Å². The summed E-state index contributed by atoms with van der Waals surface area (Å²) in [5.41, 5.74) is 2.35. The second-order valence-electron chi connectivity index (χ2n) is 6.71. The maximum absolute atomic E-state index is 12.7. The van der Waals surface area contributed by atoms with Crippen molar-refractivity contribution in [3.8, 4) is 5.75 Å². The lowest BCUT2D eigenvalue weighted by atomic mass is 9.96. The molecule has 0 radical (unpaired) electrons. The second kappa shape index (κ2) is 8.86. The van der Waals surface area contributed by atoms with Crippen LogP contribution in [0.2, 0.25) is 0 Å². The summed E-state index contributed by atoms with van der Waals surface area (Å²) < 4.78 is 5.77. The van der Waals surface area contributed by atoms with Crippen molar-refractivity contribution < 1.29 is 9.53 Å². The van der Waals surface area contributed by atoms with E-state index in [2.05, 4.69) is 48.3 Å². The zero-order valence-corrected chi connectivity index (χ0v) is 15.7. The Kier molecular flexibility index (Phi) is 6.29. The number of rotatable bonds is 7. The van der Waals surface area contributed by atoms with Crippen LogP contribution in [0.5, 0.6) is 5.75 Å². The minimum absolute atomic E-state index is 0.0765. The van der Waals surface area contributed by atoms with Crippen molar-refractivity contribution in [2.75, 3.05) is 26.2 Å². The summed E-state index contributed by atoms with van der Waals surface area (Å²) in [6.45, 7) is 7.28. The molecule has 0 aliphatic carbocycles. The van der Waals surface area contributed by atoms with E-state index in [1.165, 1.54) is 5.56 Å². The summed E-state index contributed by atoms with van der Waals surface area (Å²) in [6.07, 6.45) is 0.739. The van der Waals surface area contributed by atoms with Crippen LogP contribution in [-0.2, 0) is 11.2 Å². The summed E-state index contributed by atoms with van der Waals surface area (Å²) >= 11 is 0. The number of para-hydroxylation sites is 1. The molecule has 1 N–H and O–H groups in total.